The molecule has 7 heteroatoms. The highest BCUT2D eigenvalue weighted by Gasteiger charge is 2.57. The van der Waals surface area contributed by atoms with Gasteiger partial charge in [0.1, 0.15) is 35.3 Å². The summed E-state index contributed by atoms with van der Waals surface area (Å²) in [6.45, 7) is 3.13. The molecule has 1 aliphatic rings. The summed E-state index contributed by atoms with van der Waals surface area (Å²) < 4.78 is 16.3. The fourth-order valence-electron chi connectivity index (χ4n) is 4.94. The summed E-state index contributed by atoms with van der Waals surface area (Å²) in [4.78, 5) is 40.8. The van der Waals surface area contributed by atoms with Gasteiger partial charge in [-0.05, 0) is 67.6 Å². The maximum Gasteiger partial charge on any atom is 0.330 e. The van der Waals surface area contributed by atoms with Crippen LogP contribution in [0.15, 0.2) is 78.9 Å². The van der Waals surface area contributed by atoms with Crippen molar-refractivity contribution in [1.82, 2.24) is 4.90 Å². The smallest absolute Gasteiger partial charge is 0.330 e. The third kappa shape index (κ3) is 5.88. The van der Waals surface area contributed by atoms with Crippen LogP contribution in [0.1, 0.15) is 36.6 Å². The summed E-state index contributed by atoms with van der Waals surface area (Å²) in [7, 11) is 3.21. The van der Waals surface area contributed by atoms with Crippen LogP contribution in [-0.4, -0.2) is 48.9 Å². The standard InChI is InChI=1S/C31H33NO6/c1-20(33)28-29(31(35)38-21(2)24-8-6-5-7-9-24)32(30(28)34)25(18-22-10-14-26(36-3)15-11-22)19-23-12-16-27(37-4)17-13-23/h5-17,21,25,28-29H,18-19H2,1-4H3/t21-,28-,29+/m1/s1. The first-order chi connectivity index (χ1) is 18.3. The van der Waals surface area contributed by atoms with Gasteiger partial charge >= 0.3 is 5.97 Å². The van der Waals surface area contributed by atoms with Crippen LogP contribution in [0.2, 0.25) is 0 Å². The van der Waals surface area contributed by atoms with Crippen LogP contribution >= 0.6 is 0 Å². The number of carbonyl (C=O) groups is 3. The number of amides is 1. The second kappa shape index (κ2) is 11.9. The Morgan fingerprint density at radius 3 is 1.76 bits per heavy atom. The molecule has 4 rings (SSSR count). The maximum atomic E-state index is 13.5. The van der Waals surface area contributed by atoms with Crippen molar-refractivity contribution in [2.75, 3.05) is 14.2 Å². The Bertz CT molecular complexity index is 1210. The number of benzene rings is 3. The van der Waals surface area contributed by atoms with E-state index < -0.39 is 24.0 Å². The molecule has 0 saturated carbocycles. The van der Waals surface area contributed by atoms with Gasteiger partial charge < -0.3 is 19.1 Å². The molecule has 1 saturated heterocycles. The van der Waals surface area contributed by atoms with Gasteiger partial charge in [-0.3, -0.25) is 9.59 Å². The van der Waals surface area contributed by atoms with Gasteiger partial charge in [-0.15, -0.1) is 0 Å². The van der Waals surface area contributed by atoms with Crippen molar-refractivity contribution in [3.63, 3.8) is 0 Å². The second-order valence-electron chi connectivity index (χ2n) is 9.53. The SMILES string of the molecule is COc1ccc(CC(Cc2ccc(OC)cc2)N2C(=O)[C@H](C(C)=O)[C@H]2C(=O)O[C@H](C)c2ccccc2)cc1. The molecule has 0 unspecified atom stereocenters. The Kier molecular flexibility index (Phi) is 8.46. The predicted molar refractivity (Wildman–Crippen MR) is 143 cm³/mol. The summed E-state index contributed by atoms with van der Waals surface area (Å²) in [6, 6.07) is 23.3. The number of esters is 1. The zero-order valence-electron chi connectivity index (χ0n) is 22.1. The highest BCUT2D eigenvalue weighted by atomic mass is 16.5. The number of rotatable bonds is 11. The molecule has 0 spiro atoms. The largest absolute Gasteiger partial charge is 0.497 e. The van der Waals surface area contributed by atoms with E-state index in [1.54, 1.807) is 26.0 Å². The highest BCUT2D eigenvalue weighted by Crippen LogP contribution is 2.35. The van der Waals surface area contributed by atoms with Gasteiger partial charge in [-0.2, -0.15) is 0 Å². The molecule has 0 N–H and O–H groups in total. The summed E-state index contributed by atoms with van der Waals surface area (Å²) in [5, 5.41) is 0. The lowest BCUT2D eigenvalue weighted by atomic mass is 9.80. The Morgan fingerprint density at radius 2 is 1.32 bits per heavy atom. The van der Waals surface area contributed by atoms with Crippen molar-refractivity contribution in [2.24, 2.45) is 5.92 Å². The number of ketones is 1. The molecule has 3 aromatic carbocycles. The molecular formula is C31H33NO6. The minimum atomic E-state index is -1.04. The van der Waals surface area contributed by atoms with Crippen LogP contribution in [0.5, 0.6) is 11.5 Å². The lowest BCUT2D eigenvalue weighted by molar-refractivity contribution is -0.182. The number of nitrogens with zero attached hydrogens (tertiary/aromatic N) is 1. The topological polar surface area (TPSA) is 82.1 Å². The number of methoxy groups -OCH3 is 2. The molecule has 0 aromatic heterocycles. The Hall–Kier alpha value is -4.13. The van der Waals surface area contributed by atoms with Gasteiger partial charge in [0.25, 0.3) is 0 Å². The minimum Gasteiger partial charge on any atom is -0.497 e. The quantitative estimate of drug-likeness (QED) is 0.211. The summed E-state index contributed by atoms with van der Waals surface area (Å²) in [5.74, 6) is -0.843. The molecule has 0 radical (unpaired) electrons. The van der Waals surface area contributed by atoms with E-state index in [0.29, 0.717) is 12.8 Å². The van der Waals surface area contributed by atoms with E-state index in [1.807, 2.05) is 78.9 Å². The minimum absolute atomic E-state index is 0.340. The number of likely N-dealkylation sites (tertiary alicyclic amines) is 1. The van der Waals surface area contributed by atoms with Gasteiger partial charge in [0.2, 0.25) is 5.91 Å². The van der Waals surface area contributed by atoms with Crippen molar-refractivity contribution in [1.29, 1.82) is 0 Å². The average Bonchev–Trinajstić information content (AvgIpc) is 2.92. The molecule has 0 bridgehead atoms. The molecule has 38 heavy (non-hydrogen) atoms. The van der Waals surface area contributed by atoms with Gasteiger partial charge in [-0.25, -0.2) is 4.79 Å². The third-order valence-corrected chi connectivity index (χ3v) is 7.03. The van der Waals surface area contributed by atoms with E-state index in [0.717, 1.165) is 28.2 Å². The molecule has 3 aromatic rings. The zero-order valence-corrected chi connectivity index (χ0v) is 22.1. The summed E-state index contributed by atoms with van der Waals surface area (Å²) >= 11 is 0. The van der Waals surface area contributed by atoms with E-state index in [9.17, 15) is 14.4 Å². The molecule has 1 fully saturated rings. The van der Waals surface area contributed by atoms with E-state index in [4.69, 9.17) is 14.2 Å². The lowest BCUT2D eigenvalue weighted by Crippen LogP contribution is -2.70. The summed E-state index contributed by atoms with van der Waals surface area (Å²) in [5.41, 5.74) is 2.80. The van der Waals surface area contributed by atoms with Gasteiger partial charge in [0.15, 0.2) is 0 Å². The van der Waals surface area contributed by atoms with Crippen LogP contribution in [0.25, 0.3) is 0 Å². The van der Waals surface area contributed by atoms with Crippen molar-refractivity contribution in [3.8, 4) is 11.5 Å². The van der Waals surface area contributed by atoms with Crippen LogP contribution in [0.4, 0.5) is 0 Å². The number of hydrogen-bond acceptors (Lipinski definition) is 6. The molecule has 1 aliphatic heterocycles. The molecule has 7 nitrogen and oxygen atoms in total. The molecule has 0 aliphatic carbocycles. The normalized spacial score (nSPS) is 17.5. The molecule has 1 amide bonds. The number of carbonyl (C=O) groups excluding carboxylic acids is 3. The van der Waals surface area contributed by atoms with E-state index in [-0.39, 0.29) is 17.7 Å². The second-order valence-corrected chi connectivity index (χ2v) is 9.53. The Morgan fingerprint density at radius 1 is 0.816 bits per heavy atom. The number of ether oxygens (including phenoxy) is 3. The predicted octanol–water partition coefficient (Wildman–Crippen LogP) is 4.58. The van der Waals surface area contributed by atoms with Gasteiger partial charge in [0.05, 0.1) is 14.2 Å². The lowest BCUT2D eigenvalue weighted by Gasteiger charge is -2.49. The maximum absolute atomic E-state index is 13.5. The molecular weight excluding hydrogens is 482 g/mol. The molecule has 198 valence electrons. The molecule has 1 heterocycles. The van der Waals surface area contributed by atoms with Crippen LogP contribution in [0, 0.1) is 5.92 Å². The van der Waals surface area contributed by atoms with E-state index >= 15 is 0 Å². The average molecular weight is 516 g/mol. The monoisotopic (exact) mass is 515 g/mol. The van der Waals surface area contributed by atoms with Gasteiger partial charge in [-0.1, -0.05) is 54.6 Å². The van der Waals surface area contributed by atoms with Crippen LogP contribution < -0.4 is 9.47 Å². The first kappa shape index (κ1) is 26.9. The Balaban J connectivity index is 1.63. The van der Waals surface area contributed by atoms with E-state index in [2.05, 4.69) is 0 Å². The van der Waals surface area contributed by atoms with Crippen molar-refractivity contribution in [3.05, 3.63) is 95.6 Å². The first-order valence-electron chi connectivity index (χ1n) is 12.7. The van der Waals surface area contributed by atoms with E-state index in [1.165, 1.54) is 6.92 Å². The first-order valence-corrected chi connectivity index (χ1v) is 12.7. The summed E-state index contributed by atoms with van der Waals surface area (Å²) in [6.07, 6.45) is 0.463. The van der Waals surface area contributed by atoms with Gasteiger partial charge in [0, 0.05) is 6.04 Å². The van der Waals surface area contributed by atoms with Crippen LogP contribution in [0.3, 0.4) is 0 Å². The Labute approximate surface area is 223 Å². The number of β-lactam (4-membered cyclic amide) rings is 1. The zero-order chi connectivity index (χ0) is 27.2. The fraction of sp³-hybridized carbons (Fsp3) is 0.323. The number of Topliss-reactive ketones (excluding diaryl/α,β-unsaturated/α-hetero) is 1. The van der Waals surface area contributed by atoms with Crippen molar-refractivity contribution in [2.45, 2.75) is 44.9 Å². The number of hydrogen-bond donors (Lipinski definition) is 0. The van der Waals surface area contributed by atoms with Crippen LogP contribution in [-0.2, 0) is 32.0 Å². The van der Waals surface area contributed by atoms with Crippen molar-refractivity contribution >= 4 is 17.7 Å². The highest BCUT2D eigenvalue weighted by molar-refractivity contribution is 6.11. The fourth-order valence-corrected chi connectivity index (χ4v) is 4.94. The van der Waals surface area contributed by atoms with Crippen molar-refractivity contribution < 1.29 is 28.6 Å². The molecule has 3 atom stereocenters. The third-order valence-electron chi connectivity index (χ3n) is 7.03.